The summed E-state index contributed by atoms with van der Waals surface area (Å²) in [4.78, 5) is 14.5. The second-order valence-electron chi connectivity index (χ2n) is 16.9. The standard InChI is InChI=1S/C48H82O/c1-5-7-9-11-13-15-17-19-21-23-25-27-29-31-33-35-48(36-34-32-30-28-26-24-22-20-18-16-14-12-10-8-6-2)46-40-42(4)38-44(46)43-37-41(3)39-45(43)47(48)49/h39-40H,5-38H2,1-4H3. The highest BCUT2D eigenvalue weighted by molar-refractivity contribution is 6.09. The average molecular weight is 675 g/mol. The summed E-state index contributed by atoms with van der Waals surface area (Å²) in [7, 11) is 0. The third-order valence-electron chi connectivity index (χ3n) is 12.3. The molecule has 0 aromatic carbocycles. The molecule has 0 fully saturated rings. The van der Waals surface area contributed by atoms with Gasteiger partial charge in [-0.1, -0.05) is 230 Å². The number of allylic oxidation sites excluding steroid dienone is 8. The molecule has 0 saturated heterocycles. The summed E-state index contributed by atoms with van der Waals surface area (Å²) in [5, 5.41) is 0. The highest BCUT2D eigenvalue weighted by Gasteiger charge is 2.48. The first kappa shape index (κ1) is 42.0. The van der Waals surface area contributed by atoms with Crippen LogP contribution >= 0.6 is 0 Å². The van der Waals surface area contributed by atoms with Gasteiger partial charge in [-0.05, 0) is 56.3 Å². The van der Waals surface area contributed by atoms with Gasteiger partial charge in [-0.2, -0.15) is 0 Å². The van der Waals surface area contributed by atoms with Crippen molar-refractivity contribution in [2.75, 3.05) is 0 Å². The predicted molar refractivity (Wildman–Crippen MR) is 217 cm³/mol. The second-order valence-corrected chi connectivity index (χ2v) is 16.9. The van der Waals surface area contributed by atoms with E-state index < -0.39 is 0 Å². The van der Waals surface area contributed by atoms with E-state index in [0.29, 0.717) is 5.78 Å². The van der Waals surface area contributed by atoms with Crippen molar-refractivity contribution in [2.45, 2.75) is 246 Å². The van der Waals surface area contributed by atoms with E-state index in [0.717, 1.165) is 31.3 Å². The smallest absolute Gasteiger partial charge is 0.173 e. The summed E-state index contributed by atoms with van der Waals surface area (Å²) in [5.41, 5.74) is 8.06. The lowest BCUT2D eigenvalue weighted by Crippen LogP contribution is -2.37. The number of Topliss-reactive ketones (excluding diaryl/α,β-unsaturated/α-hetero) is 1. The Balaban J connectivity index is 1.37. The van der Waals surface area contributed by atoms with Gasteiger partial charge >= 0.3 is 0 Å². The molecule has 0 heterocycles. The Kier molecular flexibility index (Phi) is 21.9. The molecule has 0 atom stereocenters. The number of carbonyl (C=O) groups is 1. The predicted octanol–water partition coefficient (Wildman–Crippen LogP) is 16.4. The summed E-state index contributed by atoms with van der Waals surface area (Å²) < 4.78 is 0. The van der Waals surface area contributed by atoms with Gasteiger partial charge in [0.05, 0.1) is 5.41 Å². The zero-order valence-electron chi connectivity index (χ0n) is 33.6. The van der Waals surface area contributed by atoms with Crippen molar-refractivity contribution in [1.29, 1.82) is 0 Å². The van der Waals surface area contributed by atoms with Crippen LogP contribution in [0, 0.1) is 5.41 Å². The first-order valence-electron chi connectivity index (χ1n) is 22.4. The fourth-order valence-electron chi connectivity index (χ4n) is 9.28. The molecule has 280 valence electrons. The van der Waals surface area contributed by atoms with E-state index in [-0.39, 0.29) is 5.41 Å². The first-order chi connectivity index (χ1) is 24.0. The third-order valence-corrected chi connectivity index (χ3v) is 12.3. The topological polar surface area (TPSA) is 17.1 Å². The molecule has 0 bridgehead atoms. The van der Waals surface area contributed by atoms with Crippen LogP contribution in [0.25, 0.3) is 0 Å². The minimum Gasteiger partial charge on any atom is -0.293 e. The normalized spacial score (nSPS) is 16.9. The Bertz CT molecular complexity index is 1010. The number of unbranched alkanes of at least 4 members (excludes halogenated alkanes) is 28. The molecule has 1 heteroatoms. The maximum atomic E-state index is 14.5. The van der Waals surface area contributed by atoms with Gasteiger partial charge in [-0.3, -0.25) is 4.79 Å². The van der Waals surface area contributed by atoms with Gasteiger partial charge in [0, 0.05) is 5.57 Å². The van der Waals surface area contributed by atoms with E-state index >= 15 is 0 Å². The van der Waals surface area contributed by atoms with E-state index in [9.17, 15) is 4.79 Å². The minimum atomic E-state index is -0.264. The molecule has 3 aliphatic carbocycles. The minimum absolute atomic E-state index is 0.264. The maximum Gasteiger partial charge on any atom is 0.173 e. The summed E-state index contributed by atoms with van der Waals surface area (Å²) in [6.07, 6.45) is 50.7. The number of hydrogen-bond acceptors (Lipinski definition) is 1. The lowest BCUT2D eigenvalue weighted by molar-refractivity contribution is -0.123. The molecule has 0 saturated carbocycles. The molecule has 3 aliphatic rings. The molecule has 0 aromatic rings. The van der Waals surface area contributed by atoms with Crippen molar-refractivity contribution in [3.63, 3.8) is 0 Å². The van der Waals surface area contributed by atoms with E-state index in [1.807, 2.05) is 0 Å². The quantitative estimate of drug-likeness (QED) is 0.0649. The number of hydrogen-bond donors (Lipinski definition) is 0. The van der Waals surface area contributed by atoms with Gasteiger partial charge in [0.15, 0.2) is 5.78 Å². The van der Waals surface area contributed by atoms with Crippen LogP contribution in [-0.2, 0) is 4.79 Å². The summed E-state index contributed by atoms with van der Waals surface area (Å²) in [6.45, 7) is 9.13. The van der Waals surface area contributed by atoms with Crippen LogP contribution in [0.15, 0.2) is 45.6 Å². The lowest BCUT2D eigenvalue weighted by atomic mass is 9.63. The van der Waals surface area contributed by atoms with Crippen LogP contribution in [-0.4, -0.2) is 5.78 Å². The van der Waals surface area contributed by atoms with Gasteiger partial charge in [0.2, 0.25) is 0 Å². The lowest BCUT2D eigenvalue weighted by Gasteiger charge is -2.38. The fourth-order valence-corrected chi connectivity index (χ4v) is 9.28. The largest absolute Gasteiger partial charge is 0.293 e. The molecular weight excluding hydrogens is 593 g/mol. The Morgan fingerprint density at radius 2 is 0.735 bits per heavy atom. The van der Waals surface area contributed by atoms with E-state index in [1.54, 1.807) is 5.57 Å². The van der Waals surface area contributed by atoms with Gasteiger partial charge in [-0.15, -0.1) is 0 Å². The van der Waals surface area contributed by atoms with Gasteiger partial charge in [0.1, 0.15) is 0 Å². The summed E-state index contributed by atoms with van der Waals surface area (Å²) >= 11 is 0. The number of ketones is 1. The summed E-state index contributed by atoms with van der Waals surface area (Å²) in [6, 6.07) is 0. The van der Waals surface area contributed by atoms with Crippen molar-refractivity contribution < 1.29 is 4.79 Å². The van der Waals surface area contributed by atoms with Crippen LogP contribution in [0.2, 0.25) is 0 Å². The first-order valence-corrected chi connectivity index (χ1v) is 22.4. The Labute approximate surface area is 306 Å². The molecule has 1 nitrogen and oxygen atoms in total. The highest BCUT2D eigenvalue weighted by Crippen LogP contribution is 2.55. The van der Waals surface area contributed by atoms with E-state index in [4.69, 9.17) is 0 Å². The van der Waals surface area contributed by atoms with Crippen LogP contribution in [0.3, 0.4) is 0 Å². The molecule has 0 spiro atoms. The molecule has 0 radical (unpaired) electrons. The Morgan fingerprint density at radius 3 is 1.10 bits per heavy atom. The fraction of sp³-hybridized carbons (Fsp3) is 0.812. The van der Waals surface area contributed by atoms with Crippen molar-refractivity contribution in [3.8, 4) is 0 Å². The number of fused-ring (bicyclic) bond motifs is 1. The van der Waals surface area contributed by atoms with Crippen LogP contribution < -0.4 is 0 Å². The van der Waals surface area contributed by atoms with E-state index in [1.165, 1.54) is 215 Å². The molecule has 0 aromatic heterocycles. The molecule has 0 unspecified atom stereocenters. The van der Waals surface area contributed by atoms with Crippen LogP contribution in [0.5, 0.6) is 0 Å². The molecule has 0 N–H and O–H groups in total. The molecule has 0 amide bonds. The number of carbonyl (C=O) groups excluding carboxylic acids is 1. The van der Waals surface area contributed by atoms with Gasteiger partial charge < -0.3 is 0 Å². The van der Waals surface area contributed by atoms with E-state index in [2.05, 4.69) is 39.8 Å². The van der Waals surface area contributed by atoms with Crippen LogP contribution in [0.1, 0.15) is 246 Å². The third kappa shape index (κ3) is 15.0. The highest BCUT2D eigenvalue weighted by atomic mass is 16.1. The monoisotopic (exact) mass is 675 g/mol. The zero-order chi connectivity index (χ0) is 35.0. The molecular formula is C48H82O. The van der Waals surface area contributed by atoms with Crippen molar-refractivity contribution in [3.05, 3.63) is 45.6 Å². The number of rotatable bonds is 32. The van der Waals surface area contributed by atoms with Crippen molar-refractivity contribution >= 4 is 5.78 Å². The van der Waals surface area contributed by atoms with Crippen LogP contribution in [0.4, 0.5) is 0 Å². The Morgan fingerprint density at radius 1 is 0.429 bits per heavy atom. The molecule has 3 rings (SSSR count). The molecule has 49 heavy (non-hydrogen) atoms. The maximum absolute atomic E-state index is 14.5. The van der Waals surface area contributed by atoms with Gasteiger partial charge in [0.25, 0.3) is 0 Å². The zero-order valence-corrected chi connectivity index (χ0v) is 33.6. The average Bonchev–Trinajstić information content (AvgIpc) is 3.69. The van der Waals surface area contributed by atoms with Crippen molar-refractivity contribution in [1.82, 2.24) is 0 Å². The van der Waals surface area contributed by atoms with Crippen molar-refractivity contribution in [2.24, 2.45) is 5.41 Å². The molecule has 0 aliphatic heterocycles. The summed E-state index contributed by atoms with van der Waals surface area (Å²) in [5.74, 6) is 0.486. The Hall–Kier alpha value is -1.37. The van der Waals surface area contributed by atoms with Gasteiger partial charge in [-0.25, -0.2) is 0 Å². The second kappa shape index (κ2) is 25.6. The SMILES string of the molecule is CCCCCCCCCCCCCCCCCC1(CCCCCCCCCCCCCCCCC)C(=O)C2=C(CC(C)=C2)C2=C1C=C(C)C2.